The second-order valence-electron chi connectivity index (χ2n) is 6.25. The lowest BCUT2D eigenvalue weighted by Crippen LogP contribution is -2.36. The molecular weight excluding hydrogens is 276 g/mol. The van der Waals surface area contributed by atoms with Crippen LogP contribution in [0.3, 0.4) is 0 Å². The molecule has 0 spiro atoms. The molecule has 0 unspecified atom stereocenters. The fourth-order valence-corrected chi connectivity index (χ4v) is 3.07. The van der Waals surface area contributed by atoms with Crippen molar-refractivity contribution in [3.63, 3.8) is 0 Å². The molecule has 2 rings (SSSR count). The Bertz CT molecular complexity index is 475. The van der Waals surface area contributed by atoms with E-state index in [1.54, 1.807) is 0 Å². The van der Waals surface area contributed by atoms with E-state index >= 15 is 0 Å². The van der Waals surface area contributed by atoms with Crippen molar-refractivity contribution in [3.8, 4) is 0 Å². The van der Waals surface area contributed by atoms with Crippen molar-refractivity contribution in [2.75, 3.05) is 26.2 Å². The molecule has 0 aliphatic carbocycles. The smallest absolute Gasteiger partial charge is 0.220 e. The molecule has 0 bridgehead atoms. The predicted octanol–water partition coefficient (Wildman–Crippen LogP) is 1.87. The molecule has 1 aromatic heterocycles. The molecule has 1 N–H and O–H groups in total. The Hall–Kier alpha value is -1.49. The number of nitrogens with one attached hydrogen (secondary N) is 1. The number of aromatic nitrogens is 2. The SMILES string of the molecule is CCN1CCC(CC(=O)NCCc2nc(C)cc(C)n2)CC1. The van der Waals surface area contributed by atoms with Crippen LogP contribution in [0.5, 0.6) is 0 Å². The highest BCUT2D eigenvalue weighted by Gasteiger charge is 2.20. The fraction of sp³-hybridized carbons (Fsp3) is 0.706. The molecule has 0 radical (unpaired) electrons. The summed E-state index contributed by atoms with van der Waals surface area (Å²) < 4.78 is 0. The normalized spacial score (nSPS) is 16.7. The first-order valence-electron chi connectivity index (χ1n) is 8.37. The van der Waals surface area contributed by atoms with Crippen molar-refractivity contribution in [2.24, 2.45) is 5.92 Å². The average molecular weight is 304 g/mol. The summed E-state index contributed by atoms with van der Waals surface area (Å²) in [7, 11) is 0. The molecule has 1 aliphatic heterocycles. The van der Waals surface area contributed by atoms with E-state index in [2.05, 4.69) is 27.1 Å². The van der Waals surface area contributed by atoms with Gasteiger partial charge in [0.25, 0.3) is 0 Å². The number of rotatable bonds is 6. The van der Waals surface area contributed by atoms with Crippen molar-refractivity contribution < 1.29 is 4.79 Å². The van der Waals surface area contributed by atoms with Crippen LogP contribution in [0.25, 0.3) is 0 Å². The molecular formula is C17H28N4O. The number of carbonyl (C=O) groups excluding carboxylic acids is 1. The second-order valence-corrected chi connectivity index (χ2v) is 6.25. The van der Waals surface area contributed by atoms with E-state index in [4.69, 9.17) is 0 Å². The van der Waals surface area contributed by atoms with E-state index in [-0.39, 0.29) is 5.91 Å². The first kappa shape index (κ1) is 16.9. The van der Waals surface area contributed by atoms with Crippen molar-refractivity contribution in [1.82, 2.24) is 20.2 Å². The van der Waals surface area contributed by atoms with Gasteiger partial charge in [-0.1, -0.05) is 6.92 Å². The number of hydrogen-bond donors (Lipinski definition) is 1. The quantitative estimate of drug-likeness (QED) is 0.872. The zero-order valence-electron chi connectivity index (χ0n) is 14.1. The van der Waals surface area contributed by atoms with Gasteiger partial charge in [0.1, 0.15) is 5.82 Å². The molecule has 1 aromatic rings. The monoisotopic (exact) mass is 304 g/mol. The van der Waals surface area contributed by atoms with Gasteiger partial charge in [0.2, 0.25) is 5.91 Å². The van der Waals surface area contributed by atoms with Crippen LogP contribution in [0.1, 0.15) is 43.4 Å². The van der Waals surface area contributed by atoms with Crippen molar-refractivity contribution in [2.45, 2.75) is 46.5 Å². The minimum Gasteiger partial charge on any atom is -0.356 e. The number of piperidine rings is 1. The van der Waals surface area contributed by atoms with Crippen LogP contribution in [0, 0.1) is 19.8 Å². The number of nitrogens with zero attached hydrogens (tertiary/aromatic N) is 3. The molecule has 0 aromatic carbocycles. The minimum absolute atomic E-state index is 0.166. The van der Waals surface area contributed by atoms with Crippen LogP contribution in [-0.2, 0) is 11.2 Å². The lowest BCUT2D eigenvalue weighted by atomic mass is 9.93. The third-order valence-corrected chi connectivity index (χ3v) is 4.33. The van der Waals surface area contributed by atoms with Gasteiger partial charge in [-0.2, -0.15) is 0 Å². The van der Waals surface area contributed by atoms with Gasteiger partial charge in [-0.05, 0) is 58.3 Å². The van der Waals surface area contributed by atoms with Crippen molar-refractivity contribution in [1.29, 1.82) is 0 Å². The van der Waals surface area contributed by atoms with Gasteiger partial charge < -0.3 is 10.2 Å². The van der Waals surface area contributed by atoms with Crippen LogP contribution in [0.15, 0.2) is 6.07 Å². The Balaban J connectivity index is 1.67. The highest BCUT2D eigenvalue weighted by Crippen LogP contribution is 2.19. The standard InChI is InChI=1S/C17H28N4O/c1-4-21-9-6-15(7-10-21)12-17(22)18-8-5-16-19-13(2)11-14(3)20-16/h11,15H,4-10,12H2,1-3H3,(H,18,22). The number of amides is 1. The minimum atomic E-state index is 0.166. The second kappa shape index (κ2) is 8.22. The molecule has 0 saturated carbocycles. The van der Waals surface area contributed by atoms with Gasteiger partial charge in [-0.15, -0.1) is 0 Å². The van der Waals surface area contributed by atoms with Crippen LogP contribution in [0.4, 0.5) is 0 Å². The topological polar surface area (TPSA) is 58.1 Å². The van der Waals surface area contributed by atoms with Gasteiger partial charge in [0.05, 0.1) is 0 Å². The summed E-state index contributed by atoms with van der Waals surface area (Å²) in [5.41, 5.74) is 1.97. The van der Waals surface area contributed by atoms with Crippen LogP contribution in [-0.4, -0.2) is 47.0 Å². The van der Waals surface area contributed by atoms with Crippen molar-refractivity contribution in [3.05, 3.63) is 23.3 Å². The molecule has 1 amide bonds. The fourth-order valence-electron chi connectivity index (χ4n) is 3.07. The number of carbonyl (C=O) groups is 1. The maximum Gasteiger partial charge on any atom is 0.220 e. The maximum absolute atomic E-state index is 12.0. The summed E-state index contributed by atoms with van der Waals surface area (Å²) in [6.07, 6.45) is 3.64. The lowest BCUT2D eigenvalue weighted by Gasteiger charge is -2.30. The number of hydrogen-bond acceptors (Lipinski definition) is 4. The summed E-state index contributed by atoms with van der Waals surface area (Å²) >= 11 is 0. The van der Waals surface area contributed by atoms with Crippen molar-refractivity contribution >= 4 is 5.91 Å². The predicted molar refractivity (Wildman–Crippen MR) is 87.7 cm³/mol. The van der Waals surface area contributed by atoms with Gasteiger partial charge in [0.15, 0.2) is 0 Å². The van der Waals surface area contributed by atoms with Crippen LogP contribution < -0.4 is 5.32 Å². The lowest BCUT2D eigenvalue weighted by molar-refractivity contribution is -0.122. The van der Waals surface area contributed by atoms with Crippen LogP contribution in [0.2, 0.25) is 0 Å². The molecule has 1 aliphatic rings. The molecule has 1 saturated heterocycles. The van der Waals surface area contributed by atoms with E-state index in [0.717, 1.165) is 49.7 Å². The summed E-state index contributed by atoms with van der Waals surface area (Å²) in [4.78, 5) is 23.3. The molecule has 122 valence electrons. The highest BCUT2D eigenvalue weighted by atomic mass is 16.1. The highest BCUT2D eigenvalue weighted by molar-refractivity contribution is 5.76. The largest absolute Gasteiger partial charge is 0.356 e. The Kier molecular flexibility index (Phi) is 6.31. The summed E-state index contributed by atoms with van der Waals surface area (Å²) in [5, 5.41) is 3.01. The summed E-state index contributed by atoms with van der Waals surface area (Å²) in [6, 6.07) is 1.96. The Morgan fingerprint density at radius 1 is 1.27 bits per heavy atom. The molecule has 5 heteroatoms. The van der Waals surface area contributed by atoms with E-state index in [1.165, 1.54) is 0 Å². The van der Waals surface area contributed by atoms with Gasteiger partial charge in [-0.3, -0.25) is 4.79 Å². The van der Waals surface area contributed by atoms with Crippen LogP contribution >= 0.6 is 0 Å². The van der Waals surface area contributed by atoms with E-state index in [9.17, 15) is 4.79 Å². The maximum atomic E-state index is 12.0. The Morgan fingerprint density at radius 2 is 1.91 bits per heavy atom. The van der Waals surface area contributed by atoms with Gasteiger partial charge >= 0.3 is 0 Å². The molecule has 0 atom stereocenters. The number of likely N-dealkylation sites (tertiary alicyclic amines) is 1. The van der Waals surface area contributed by atoms with E-state index in [1.807, 2.05) is 19.9 Å². The zero-order valence-corrected chi connectivity index (χ0v) is 14.1. The third-order valence-electron chi connectivity index (χ3n) is 4.33. The third kappa shape index (κ3) is 5.37. The first-order chi connectivity index (χ1) is 10.6. The molecule has 5 nitrogen and oxygen atoms in total. The molecule has 1 fully saturated rings. The Morgan fingerprint density at radius 3 is 2.50 bits per heavy atom. The molecule has 2 heterocycles. The van der Waals surface area contributed by atoms with E-state index < -0.39 is 0 Å². The first-order valence-corrected chi connectivity index (χ1v) is 8.37. The molecule has 22 heavy (non-hydrogen) atoms. The number of aryl methyl sites for hydroxylation is 2. The summed E-state index contributed by atoms with van der Waals surface area (Å²) in [6.45, 7) is 10.1. The Labute approximate surface area is 133 Å². The van der Waals surface area contributed by atoms with Gasteiger partial charge in [0, 0.05) is 30.8 Å². The average Bonchev–Trinajstić information content (AvgIpc) is 2.47. The van der Waals surface area contributed by atoms with Gasteiger partial charge in [-0.25, -0.2) is 9.97 Å². The zero-order chi connectivity index (χ0) is 15.9. The summed E-state index contributed by atoms with van der Waals surface area (Å²) in [5.74, 6) is 1.52. The van der Waals surface area contributed by atoms with E-state index in [0.29, 0.717) is 25.3 Å².